The number of halogens is 3. The molecule has 2 heterocycles. The molecule has 2 aromatic heterocycles. The number of nitrogens with one attached hydrogen (secondary N) is 1. The van der Waals surface area contributed by atoms with Gasteiger partial charge in [-0.1, -0.05) is 49.4 Å². The summed E-state index contributed by atoms with van der Waals surface area (Å²) in [5.74, 6) is -0.0618. The van der Waals surface area contributed by atoms with Crippen molar-refractivity contribution in [1.29, 1.82) is 0 Å². The van der Waals surface area contributed by atoms with Gasteiger partial charge in [0.2, 0.25) is 0 Å². The molecule has 0 saturated heterocycles. The van der Waals surface area contributed by atoms with Crippen LogP contribution in [0.5, 0.6) is 5.75 Å². The smallest absolute Gasteiger partial charge is 0.417 e. The van der Waals surface area contributed by atoms with Gasteiger partial charge >= 0.3 is 11.8 Å². The van der Waals surface area contributed by atoms with Crippen LogP contribution in [0.1, 0.15) is 66.0 Å². The van der Waals surface area contributed by atoms with Crippen molar-refractivity contribution in [3.05, 3.63) is 117 Å². The van der Waals surface area contributed by atoms with E-state index in [1.165, 1.54) is 12.1 Å². The summed E-state index contributed by atoms with van der Waals surface area (Å²) < 4.78 is 72.1. The lowest BCUT2D eigenvalue weighted by atomic mass is 9.87. The summed E-state index contributed by atoms with van der Waals surface area (Å²) in [7, 11) is -4.25. The fourth-order valence-electron chi connectivity index (χ4n) is 5.17. The highest BCUT2D eigenvalue weighted by Crippen LogP contribution is 2.47. The number of aromatic hydroxyl groups is 1. The number of sulfonamides is 1. The summed E-state index contributed by atoms with van der Waals surface area (Å²) >= 11 is 0. The van der Waals surface area contributed by atoms with Gasteiger partial charge in [-0.05, 0) is 67.0 Å². The Labute approximate surface area is 241 Å². The highest BCUT2D eigenvalue weighted by molar-refractivity contribution is 7.92. The first-order valence-corrected chi connectivity index (χ1v) is 15.0. The highest BCUT2D eigenvalue weighted by Gasteiger charge is 2.37. The summed E-state index contributed by atoms with van der Waals surface area (Å²) in [5.41, 5.74) is 0.494. The van der Waals surface area contributed by atoms with Gasteiger partial charge in [0.25, 0.3) is 10.0 Å². The fraction of sp³-hybridized carbons (Fsp3) is 0.290. The molecule has 42 heavy (non-hydrogen) atoms. The third kappa shape index (κ3) is 6.51. The molecular formula is C31H29F3N2O5S. The molecule has 11 heteroatoms. The molecular weight excluding hydrogens is 569 g/mol. The van der Waals surface area contributed by atoms with E-state index in [4.69, 9.17) is 4.42 Å². The van der Waals surface area contributed by atoms with Gasteiger partial charge in [0, 0.05) is 29.8 Å². The second-order valence-electron chi connectivity index (χ2n) is 10.5. The van der Waals surface area contributed by atoms with Gasteiger partial charge in [0.1, 0.15) is 11.5 Å². The molecule has 1 aliphatic carbocycles. The monoisotopic (exact) mass is 598 g/mol. The second-order valence-corrected chi connectivity index (χ2v) is 12.1. The van der Waals surface area contributed by atoms with Gasteiger partial charge in [-0.2, -0.15) is 21.6 Å². The average molecular weight is 599 g/mol. The van der Waals surface area contributed by atoms with E-state index in [1.807, 2.05) is 37.3 Å². The minimum atomic E-state index is -4.63. The zero-order chi connectivity index (χ0) is 30.1. The van der Waals surface area contributed by atoms with E-state index in [9.17, 15) is 31.5 Å². The minimum absolute atomic E-state index is 0.106. The van der Waals surface area contributed by atoms with Crippen molar-refractivity contribution in [3.63, 3.8) is 0 Å². The molecule has 1 saturated carbocycles. The van der Waals surface area contributed by atoms with Crippen molar-refractivity contribution in [2.45, 2.75) is 55.6 Å². The Morgan fingerprint density at radius 2 is 1.79 bits per heavy atom. The zero-order valence-electron chi connectivity index (χ0n) is 22.6. The summed E-state index contributed by atoms with van der Waals surface area (Å²) in [6, 6.07) is 19.1. The number of benzene rings is 2. The average Bonchev–Trinajstić information content (AvgIpc) is 3.79. The second kappa shape index (κ2) is 11.6. The first-order valence-electron chi connectivity index (χ1n) is 13.5. The third-order valence-electron chi connectivity index (χ3n) is 7.44. The molecule has 0 aliphatic heterocycles. The van der Waals surface area contributed by atoms with Gasteiger partial charge in [-0.25, -0.2) is 9.78 Å². The van der Waals surface area contributed by atoms with E-state index in [1.54, 1.807) is 18.2 Å². The normalized spacial score (nSPS) is 15.2. The van der Waals surface area contributed by atoms with Gasteiger partial charge in [-0.3, -0.25) is 4.72 Å². The molecule has 2 atom stereocenters. The lowest BCUT2D eigenvalue weighted by molar-refractivity contribution is -0.137. The summed E-state index contributed by atoms with van der Waals surface area (Å²) in [4.78, 5) is 16.7. The van der Waals surface area contributed by atoms with E-state index in [0.717, 1.165) is 24.5 Å². The summed E-state index contributed by atoms with van der Waals surface area (Å²) in [6.07, 6.45) is -1.30. The summed E-state index contributed by atoms with van der Waals surface area (Å²) in [5, 5.41) is 10.5. The molecule has 1 aliphatic rings. The van der Waals surface area contributed by atoms with Crippen LogP contribution in [0.4, 0.5) is 18.9 Å². The van der Waals surface area contributed by atoms with Crippen LogP contribution in [0, 0.1) is 5.92 Å². The Hall–Kier alpha value is -4.12. The van der Waals surface area contributed by atoms with Crippen LogP contribution in [0.15, 0.2) is 93.2 Å². The largest absolute Gasteiger partial charge is 0.507 e. The third-order valence-corrected chi connectivity index (χ3v) is 8.74. The van der Waals surface area contributed by atoms with E-state index in [-0.39, 0.29) is 34.8 Å². The van der Waals surface area contributed by atoms with Crippen molar-refractivity contribution >= 4 is 15.7 Å². The van der Waals surface area contributed by atoms with Crippen molar-refractivity contribution < 1.29 is 31.1 Å². The number of aromatic nitrogens is 1. The van der Waals surface area contributed by atoms with E-state index < -0.39 is 32.4 Å². The van der Waals surface area contributed by atoms with E-state index in [0.29, 0.717) is 36.4 Å². The first-order chi connectivity index (χ1) is 20.0. The molecule has 220 valence electrons. The number of rotatable bonds is 10. The molecule has 0 amide bonds. The van der Waals surface area contributed by atoms with Gasteiger partial charge in [-0.15, -0.1) is 0 Å². The summed E-state index contributed by atoms with van der Waals surface area (Å²) in [6.45, 7) is 1.91. The lowest BCUT2D eigenvalue weighted by Gasteiger charge is -2.20. The molecule has 7 nitrogen and oxygen atoms in total. The molecule has 0 spiro atoms. The van der Waals surface area contributed by atoms with Crippen LogP contribution >= 0.6 is 0 Å². The van der Waals surface area contributed by atoms with Gasteiger partial charge < -0.3 is 9.52 Å². The Balaban J connectivity index is 1.35. The van der Waals surface area contributed by atoms with Crippen LogP contribution in [0.3, 0.4) is 0 Å². The minimum Gasteiger partial charge on any atom is -0.507 e. The number of hydrogen-bond donors (Lipinski definition) is 2. The maximum atomic E-state index is 13.2. The standard InChI is InChI=1S/C31H29F3N2O5S/c1-2-20(26-17-25(37)29(30(38)41-26)28(22-11-12-22)21-8-4-3-5-9-21)15-19-7-6-10-24(16-19)36-42(39,40)27-14-13-23(18-35-27)31(32,33)34/h3-10,13-14,16-18,20,22,28,36-37H,2,11-12,15H2,1H3. The number of hydrogen-bond acceptors (Lipinski definition) is 6. The lowest BCUT2D eigenvalue weighted by Crippen LogP contribution is -2.18. The van der Waals surface area contributed by atoms with Crippen LogP contribution < -0.4 is 10.3 Å². The molecule has 1 fully saturated rings. The molecule has 5 rings (SSSR count). The maximum Gasteiger partial charge on any atom is 0.417 e. The number of pyridine rings is 1. The first kappa shape index (κ1) is 29.4. The van der Waals surface area contributed by atoms with Crippen molar-refractivity contribution in [2.75, 3.05) is 4.72 Å². The maximum absolute atomic E-state index is 13.2. The number of alkyl halides is 3. The Kier molecular flexibility index (Phi) is 8.14. The van der Waals surface area contributed by atoms with Gasteiger partial charge in [0.05, 0.1) is 11.1 Å². The molecule has 0 radical (unpaired) electrons. The van der Waals surface area contributed by atoms with E-state index >= 15 is 0 Å². The molecule has 4 aromatic rings. The Morgan fingerprint density at radius 1 is 1.05 bits per heavy atom. The van der Waals surface area contributed by atoms with Crippen LogP contribution in [0.2, 0.25) is 0 Å². The van der Waals surface area contributed by atoms with Crippen molar-refractivity contribution in [2.24, 2.45) is 5.92 Å². The van der Waals surface area contributed by atoms with Crippen LogP contribution in [-0.2, 0) is 22.6 Å². The molecule has 2 unspecified atom stereocenters. The molecule has 2 N–H and O–H groups in total. The molecule has 0 bridgehead atoms. The fourth-order valence-corrected chi connectivity index (χ4v) is 6.15. The number of nitrogens with zero attached hydrogens (tertiary/aromatic N) is 1. The van der Waals surface area contributed by atoms with Crippen molar-refractivity contribution in [3.8, 4) is 5.75 Å². The highest BCUT2D eigenvalue weighted by atomic mass is 32.2. The van der Waals surface area contributed by atoms with Crippen LogP contribution in [0.25, 0.3) is 0 Å². The Morgan fingerprint density at radius 3 is 2.38 bits per heavy atom. The van der Waals surface area contributed by atoms with Crippen molar-refractivity contribution in [1.82, 2.24) is 4.98 Å². The van der Waals surface area contributed by atoms with E-state index in [2.05, 4.69) is 9.71 Å². The van der Waals surface area contributed by atoms with Crippen LogP contribution in [-0.4, -0.2) is 18.5 Å². The van der Waals surface area contributed by atoms with Gasteiger partial charge in [0.15, 0.2) is 5.03 Å². The predicted molar refractivity (Wildman–Crippen MR) is 151 cm³/mol. The zero-order valence-corrected chi connectivity index (χ0v) is 23.5. The predicted octanol–water partition coefficient (Wildman–Crippen LogP) is 6.84. The topological polar surface area (TPSA) is 110 Å². The quantitative estimate of drug-likeness (QED) is 0.207. The Bertz CT molecular complexity index is 1720. The number of anilines is 1. The molecule has 2 aromatic carbocycles. The SMILES string of the molecule is CCC(Cc1cccc(NS(=O)(=O)c2ccc(C(F)(F)F)cn2)c1)c1cc(O)c(C(c2ccccc2)C2CC2)c(=O)o1.